The summed E-state index contributed by atoms with van der Waals surface area (Å²) in [6, 6.07) is 8.40. The average Bonchev–Trinajstić information content (AvgIpc) is 2.32. The van der Waals surface area contributed by atoms with Crippen molar-refractivity contribution in [2.75, 3.05) is 43.7 Å². The zero-order valence-electron chi connectivity index (χ0n) is 8.99. The number of nitrogens with zero attached hydrogens (tertiary/aromatic N) is 1. The summed E-state index contributed by atoms with van der Waals surface area (Å²) < 4.78 is 5.32. The van der Waals surface area contributed by atoms with E-state index in [0.29, 0.717) is 0 Å². The van der Waals surface area contributed by atoms with Crippen molar-refractivity contribution in [3.63, 3.8) is 0 Å². The second-order valence-electron chi connectivity index (χ2n) is 3.52. The highest BCUT2D eigenvalue weighted by Gasteiger charge is 2.10. The van der Waals surface area contributed by atoms with Gasteiger partial charge in [0, 0.05) is 31.5 Å². The first-order valence-corrected chi connectivity index (χ1v) is 5.25. The monoisotopic (exact) mass is 207 g/mol. The number of rotatable bonds is 3. The third-order valence-electron chi connectivity index (χ3n) is 2.51. The maximum atomic E-state index is 5.32. The SMILES string of the molecule is CNNc1ccc(N2CCOCC2)cc1. The van der Waals surface area contributed by atoms with E-state index < -0.39 is 0 Å². The van der Waals surface area contributed by atoms with Crippen LogP contribution in [-0.2, 0) is 4.74 Å². The number of nitrogens with one attached hydrogen (secondary N) is 2. The maximum absolute atomic E-state index is 5.32. The lowest BCUT2D eigenvalue weighted by Crippen LogP contribution is -2.36. The summed E-state index contributed by atoms with van der Waals surface area (Å²) in [5.41, 5.74) is 8.29. The normalized spacial score (nSPS) is 16.5. The molecule has 1 aromatic carbocycles. The van der Waals surface area contributed by atoms with Crippen LogP contribution in [0.4, 0.5) is 11.4 Å². The highest BCUT2D eigenvalue weighted by molar-refractivity contribution is 5.54. The molecule has 0 atom stereocenters. The van der Waals surface area contributed by atoms with Crippen LogP contribution >= 0.6 is 0 Å². The van der Waals surface area contributed by atoms with Crippen molar-refractivity contribution >= 4 is 11.4 Å². The summed E-state index contributed by atoms with van der Waals surface area (Å²) in [5, 5.41) is 0. The van der Waals surface area contributed by atoms with E-state index in [9.17, 15) is 0 Å². The predicted molar refractivity (Wildman–Crippen MR) is 62.2 cm³/mol. The first-order chi connectivity index (χ1) is 7.40. The van der Waals surface area contributed by atoms with Gasteiger partial charge in [0.15, 0.2) is 0 Å². The zero-order chi connectivity index (χ0) is 10.5. The molecule has 82 valence electrons. The van der Waals surface area contributed by atoms with Crippen LogP contribution in [0.15, 0.2) is 24.3 Å². The lowest BCUT2D eigenvalue weighted by Gasteiger charge is -2.28. The van der Waals surface area contributed by atoms with Crippen molar-refractivity contribution < 1.29 is 4.74 Å². The van der Waals surface area contributed by atoms with Gasteiger partial charge in [0.05, 0.1) is 13.2 Å². The number of ether oxygens (including phenoxy) is 1. The number of morpholine rings is 1. The molecule has 4 nitrogen and oxygen atoms in total. The molecule has 1 fully saturated rings. The summed E-state index contributed by atoms with van der Waals surface area (Å²) in [7, 11) is 1.86. The Labute approximate surface area is 90.2 Å². The van der Waals surface area contributed by atoms with E-state index in [1.54, 1.807) is 0 Å². The van der Waals surface area contributed by atoms with Crippen molar-refractivity contribution in [3.05, 3.63) is 24.3 Å². The quantitative estimate of drug-likeness (QED) is 0.727. The van der Waals surface area contributed by atoms with E-state index in [2.05, 4.69) is 40.0 Å². The van der Waals surface area contributed by atoms with Crippen molar-refractivity contribution in [2.45, 2.75) is 0 Å². The van der Waals surface area contributed by atoms with Crippen LogP contribution < -0.4 is 15.8 Å². The van der Waals surface area contributed by atoms with Crippen molar-refractivity contribution in [1.82, 2.24) is 5.43 Å². The Morgan fingerprint density at radius 1 is 1.13 bits per heavy atom. The molecule has 1 aliphatic rings. The fraction of sp³-hybridized carbons (Fsp3) is 0.455. The Kier molecular flexibility index (Phi) is 3.42. The van der Waals surface area contributed by atoms with Crippen molar-refractivity contribution in [1.29, 1.82) is 0 Å². The van der Waals surface area contributed by atoms with Gasteiger partial charge in [-0.1, -0.05) is 0 Å². The van der Waals surface area contributed by atoms with Gasteiger partial charge in [0.2, 0.25) is 0 Å². The van der Waals surface area contributed by atoms with Gasteiger partial charge in [-0.15, -0.1) is 0 Å². The number of anilines is 2. The number of benzene rings is 1. The fourth-order valence-electron chi connectivity index (χ4n) is 1.72. The van der Waals surface area contributed by atoms with Gasteiger partial charge in [0.1, 0.15) is 0 Å². The molecule has 1 saturated heterocycles. The molecule has 0 spiro atoms. The lowest BCUT2D eigenvalue weighted by molar-refractivity contribution is 0.122. The van der Waals surface area contributed by atoms with E-state index in [1.165, 1.54) is 5.69 Å². The molecule has 15 heavy (non-hydrogen) atoms. The number of hydrogen-bond donors (Lipinski definition) is 2. The van der Waals surface area contributed by atoms with Gasteiger partial charge in [-0.05, 0) is 24.3 Å². The van der Waals surface area contributed by atoms with Gasteiger partial charge in [-0.25, -0.2) is 5.43 Å². The maximum Gasteiger partial charge on any atom is 0.0642 e. The third-order valence-corrected chi connectivity index (χ3v) is 2.51. The van der Waals surface area contributed by atoms with E-state index >= 15 is 0 Å². The molecule has 0 unspecified atom stereocenters. The van der Waals surface area contributed by atoms with Crippen LogP contribution in [0.2, 0.25) is 0 Å². The summed E-state index contributed by atoms with van der Waals surface area (Å²) in [6.07, 6.45) is 0. The molecule has 1 aliphatic heterocycles. The molecule has 2 rings (SSSR count). The van der Waals surface area contributed by atoms with E-state index in [4.69, 9.17) is 4.74 Å². The second-order valence-corrected chi connectivity index (χ2v) is 3.52. The van der Waals surface area contributed by atoms with Crippen LogP contribution in [0.3, 0.4) is 0 Å². The molecular formula is C11H17N3O. The first-order valence-electron chi connectivity index (χ1n) is 5.25. The van der Waals surface area contributed by atoms with Crippen LogP contribution in [0.25, 0.3) is 0 Å². The van der Waals surface area contributed by atoms with Gasteiger partial charge in [0.25, 0.3) is 0 Å². The molecule has 0 bridgehead atoms. The average molecular weight is 207 g/mol. The Morgan fingerprint density at radius 3 is 2.40 bits per heavy atom. The zero-order valence-corrected chi connectivity index (χ0v) is 8.99. The largest absolute Gasteiger partial charge is 0.378 e. The Morgan fingerprint density at radius 2 is 1.80 bits per heavy atom. The Hall–Kier alpha value is -1.26. The van der Waals surface area contributed by atoms with Crippen LogP contribution in [-0.4, -0.2) is 33.4 Å². The van der Waals surface area contributed by atoms with E-state index in [1.807, 2.05) is 7.05 Å². The minimum Gasteiger partial charge on any atom is -0.378 e. The molecule has 4 heteroatoms. The Balaban J connectivity index is 2.02. The van der Waals surface area contributed by atoms with E-state index in [0.717, 1.165) is 32.0 Å². The van der Waals surface area contributed by atoms with Gasteiger partial charge in [-0.3, -0.25) is 0 Å². The van der Waals surface area contributed by atoms with Crippen LogP contribution in [0.5, 0.6) is 0 Å². The molecule has 0 aromatic heterocycles. The second kappa shape index (κ2) is 5.00. The molecule has 0 saturated carbocycles. The smallest absolute Gasteiger partial charge is 0.0642 e. The highest BCUT2D eigenvalue weighted by Crippen LogP contribution is 2.18. The molecular weight excluding hydrogens is 190 g/mol. The molecule has 0 amide bonds. The van der Waals surface area contributed by atoms with Gasteiger partial charge < -0.3 is 15.1 Å². The molecule has 1 aromatic rings. The fourth-order valence-corrected chi connectivity index (χ4v) is 1.72. The minimum atomic E-state index is 0.830. The van der Waals surface area contributed by atoms with Crippen LogP contribution in [0.1, 0.15) is 0 Å². The van der Waals surface area contributed by atoms with E-state index in [-0.39, 0.29) is 0 Å². The van der Waals surface area contributed by atoms with Gasteiger partial charge in [-0.2, -0.15) is 0 Å². The summed E-state index contributed by atoms with van der Waals surface area (Å²) in [6.45, 7) is 3.63. The summed E-state index contributed by atoms with van der Waals surface area (Å²) >= 11 is 0. The molecule has 0 aliphatic carbocycles. The summed E-state index contributed by atoms with van der Waals surface area (Å²) in [4.78, 5) is 2.34. The minimum absolute atomic E-state index is 0.830. The standard InChI is InChI=1S/C11H17N3O/c1-12-13-10-2-4-11(5-3-10)14-6-8-15-9-7-14/h2-5,12-13H,6-9H2,1H3. The lowest BCUT2D eigenvalue weighted by atomic mass is 10.2. The van der Waals surface area contributed by atoms with Crippen LogP contribution in [0, 0.1) is 0 Å². The Bertz CT molecular complexity index is 293. The molecule has 0 radical (unpaired) electrons. The number of hydrogen-bond acceptors (Lipinski definition) is 4. The van der Waals surface area contributed by atoms with Crippen molar-refractivity contribution in [2.24, 2.45) is 0 Å². The highest BCUT2D eigenvalue weighted by atomic mass is 16.5. The molecule has 1 heterocycles. The molecule has 2 N–H and O–H groups in total. The third kappa shape index (κ3) is 2.61. The van der Waals surface area contributed by atoms with Gasteiger partial charge >= 0.3 is 0 Å². The van der Waals surface area contributed by atoms with Crippen molar-refractivity contribution in [3.8, 4) is 0 Å². The predicted octanol–water partition coefficient (Wildman–Crippen LogP) is 1.07. The summed E-state index contributed by atoms with van der Waals surface area (Å²) in [5.74, 6) is 0. The first kappa shape index (κ1) is 10.3. The number of hydrazine groups is 1. The topological polar surface area (TPSA) is 36.5 Å².